The van der Waals surface area contributed by atoms with Gasteiger partial charge >= 0.3 is 0 Å². The molecule has 130 valence electrons. The number of methoxy groups -OCH3 is 1. The average Bonchev–Trinajstić information content (AvgIpc) is 3.06. The predicted octanol–water partition coefficient (Wildman–Crippen LogP) is 4.34. The van der Waals surface area contributed by atoms with Gasteiger partial charge in [0.25, 0.3) is 0 Å². The van der Waals surface area contributed by atoms with Crippen LogP contribution < -0.4 is 4.74 Å². The van der Waals surface area contributed by atoms with Crippen LogP contribution in [0.4, 0.5) is 4.39 Å². The minimum Gasteiger partial charge on any atom is -0.495 e. The van der Waals surface area contributed by atoms with E-state index in [1.165, 1.54) is 6.07 Å². The first kappa shape index (κ1) is 16.5. The third-order valence-electron chi connectivity index (χ3n) is 4.09. The monoisotopic (exact) mass is 368 g/mol. The van der Waals surface area contributed by atoms with Gasteiger partial charge in [-0.25, -0.2) is 4.39 Å². The number of hydrogen-bond acceptors (Lipinski definition) is 4. The van der Waals surface area contributed by atoms with Crippen LogP contribution >= 0.6 is 11.6 Å². The zero-order valence-electron chi connectivity index (χ0n) is 13.9. The Morgan fingerprint density at radius 1 is 1.08 bits per heavy atom. The molecule has 0 fully saturated rings. The van der Waals surface area contributed by atoms with Gasteiger partial charge in [-0.3, -0.25) is 14.6 Å². The van der Waals surface area contributed by atoms with Crippen molar-refractivity contribution in [3.05, 3.63) is 71.5 Å². The van der Waals surface area contributed by atoms with Crippen LogP contribution in [0.5, 0.6) is 5.75 Å². The highest BCUT2D eigenvalue weighted by Crippen LogP contribution is 2.27. The van der Waals surface area contributed by atoms with Crippen LogP contribution in [-0.4, -0.2) is 26.9 Å². The molecule has 4 rings (SSSR count). The number of aromatic nitrogens is 4. The summed E-state index contributed by atoms with van der Waals surface area (Å²) in [5, 5.41) is 4.49. The summed E-state index contributed by atoms with van der Waals surface area (Å²) in [5.41, 5.74) is 4.24. The fourth-order valence-electron chi connectivity index (χ4n) is 2.75. The molecule has 26 heavy (non-hydrogen) atoms. The van der Waals surface area contributed by atoms with E-state index >= 15 is 0 Å². The molecule has 4 aromatic rings. The van der Waals surface area contributed by atoms with Crippen molar-refractivity contribution in [1.29, 1.82) is 0 Å². The summed E-state index contributed by atoms with van der Waals surface area (Å²) in [6, 6.07) is 8.49. The van der Waals surface area contributed by atoms with Gasteiger partial charge in [-0.15, -0.1) is 0 Å². The molecule has 0 atom stereocenters. The van der Waals surface area contributed by atoms with Gasteiger partial charge in [0.05, 0.1) is 36.6 Å². The largest absolute Gasteiger partial charge is 0.495 e. The number of hydrogen-bond donors (Lipinski definition) is 0. The molecule has 0 bridgehead atoms. The Morgan fingerprint density at radius 2 is 1.96 bits per heavy atom. The van der Waals surface area contributed by atoms with E-state index in [2.05, 4.69) is 15.1 Å². The third kappa shape index (κ3) is 3.11. The first-order valence-corrected chi connectivity index (χ1v) is 8.27. The lowest BCUT2D eigenvalue weighted by Crippen LogP contribution is -2.02. The number of halogens is 2. The molecule has 0 aliphatic heterocycles. The Kier molecular flexibility index (Phi) is 4.26. The van der Waals surface area contributed by atoms with Crippen LogP contribution in [0.15, 0.2) is 55.1 Å². The third-order valence-corrected chi connectivity index (χ3v) is 4.38. The fraction of sp³-hybridized carbons (Fsp3) is 0.105. The van der Waals surface area contributed by atoms with Crippen molar-refractivity contribution in [3.8, 4) is 16.9 Å². The van der Waals surface area contributed by atoms with Gasteiger partial charge < -0.3 is 4.74 Å². The van der Waals surface area contributed by atoms with E-state index in [9.17, 15) is 4.39 Å². The molecule has 7 heteroatoms. The van der Waals surface area contributed by atoms with Crippen LogP contribution in [-0.2, 0) is 6.54 Å². The Balaban J connectivity index is 1.73. The van der Waals surface area contributed by atoms with Crippen molar-refractivity contribution in [1.82, 2.24) is 19.7 Å². The second-order valence-corrected chi connectivity index (χ2v) is 6.20. The quantitative estimate of drug-likeness (QED) is 0.537. The molecular formula is C19H14ClFN4O. The van der Waals surface area contributed by atoms with Crippen molar-refractivity contribution in [2.24, 2.45) is 0 Å². The topological polar surface area (TPSA) is 52.8 Å². The van der Waals surface area contributed by atoms with Crippen LogP contribution in [0.3, 0.4) is 0 Å². The van der Waals surface area contributed by atoms with Crippen molar-refractivity contribution in [2.75, 3.05) is 7.11 Å². The van der Waals surface area contributed by atoms with E-state index in [4.69, 9.17) is 16.3 Å². The van der Waals surface area contributed by atoms with Crippen LogP contribution in [0.1, 0.15) is 5.56 Å². The molecule has 3 aromatic heterocycles. The zero-order valence-corrected chi connectivity index (χ0v) is 14.6. The Labute approximate surface area is 154 Å². The van der Waals surface area contributed by atoms with Crippen LogP contribution in [0.2, 0.25) is 5.02 Å². The van der Waals surface area contributed by atoms with Gasteiger partial charge in [-0.1, -0.05) is 17.7 Å². The van der Waals surface area contributed by atoms with Crippen LogP contribution in [0, 0.1) is 5.82 Å². The zero-order chi connectivity index (χ0) is 18.1. The number of benzene rings is 1. The van der Waals surface area contributed by atoms with E-state index in [0.29, 0.717) is 12.3 Å². The highest BCUT2D eigenvalue weighted by atomic mass is 35.5. The lowest BCUT2D eigenvalue weighted by atomic mass is 10.1. The Bertz CT molecular complexity index is 1100. The van der Waals surface area contributed by atoms with Gasteiger partial charge in [0.15, 0.2) is 0 Å². The smallest absolute Gasteiger partial charge is 0.141 e. The Hall–Kier alpha value is -2.99. The Morgan fingerprint density at radius 3 is 2.77 bits per heavy atom. The average molecular weight is 369 g/mol. The van der Waals surface area contributed by atoms with E-state index in [-0.39, 0.29) is 5.02 Å². The summed E-state index contributed by atoms with van der Waals surface area (Å²) < 4.78 is 20.5. The number of ether oxygens (including phenoxy) is 1. The van der Waals surface area contributed by atoms with E-state index < -0.39 is 5.82 Å². The van der Waals surface area contributed by atoms with Crippen molar-refractivity contribution in [2.45, 2.75) is 6.54 Å². The normalized spacial score (nSPS) is 11.0. The number of fused-ring (bicyclic) bond motifs is 1. The molecule has 0 amide bonds. The maximum Gasteiger partial charge on any atom is 0.141 e. The molecule has 0 saturated heterocycles. The lowest BCUT2D eigenvalue weighted by Gasteiger charge is -2.07. The molecular weight excluding hydrogens is 355 g/mol. The first-order chi connectivity index (χ1) is 12.6. The van der Waals surface area contributed by atoms with Gasteiger partial charge in [0.2, 0.25) is 0 Å². The summed E-state index contributed by atoms with van der Waals surface area (Å²) in [6.07, 6.45) is 6.87. The second-order valence-electron chi connectivity index (χ2n) is 5.79. The maximum absolute atomic E-state index is 13.4. The highest BCUT2D eigenvalue weighted by molar-refractivity contribution is 6.31. The number of nitrogens with zero attached hydrogens (tertiary/aromatic N) is 4. The van der Waals surface area contributed by atoms with Crippen molar-refractivity contribution < 1.29 is 9.13 Å². The molecule has 0 unspecified atom stereocenters. The summed E-state index contributed by atoms with van der Waals surface area (Å²) in [4.78, 5) is 8.61. The molecule has 3 heterocycles. The van der Waals surface area contributed by atoms with Crippen LogP contribution in [0.25, 0.3) is 22.2 Å². The standard InChI is InChI=1S/C19H14ClFN4O/c1-26-15-4-12(7-22-9-15)11-25-19-6-14(8-23-18(19)10-24-25)13-2-3-17(21)16(20)5-13/h2-10H,11H2,1H3. The molecule has 0 N–H and O–H groups in total. The SMILES string of the molecule is COc1cncc(Cn2ncc3ncc(-c4ccc(F)c(Cl)c4)cc32)c1. The second kappa shape index (κ2) is 6.72. The minimum atomic E-state index is -0.444. The summed E-state index contributed by atoms with van der Waals surface area (Å²) in [6.45, 7) is 0.531. The van der Waals surface area contributed by atoms with E-state index in [1.807, 2.05) is 16.8 Å². The van der Waals surface area contributed by atoms with Crippen molar-refractivity contribution >= 4 is 22.6 Å². The van der Waals surface area contributed by atoms with Gasteiger partial charge in [-0.05, 0) is 35.4 Å². The first-order valence-electron chi connectivity index (χ1n) is 7.89. The fourth-order valence-corrected chi connectivity index (χ4v) is 2.93. The van der Waals surface area contributed by atoms with E-state index in [1.54, 1.807) is 44.0 Å². The summed E-state index contributed by atoms with van der Waals surface area (Å²) in [7, 11) is 1.61. The predicted molar refractivity (Wildman–Crippen MR) is 97.8 cm³/mol. The van der Waals surface area contributed by atoms with Gasteiger partial charge in [-0.2, -0.15) is 5.10 Å². The molecule has 0 spiro atoms. The molecule has 0 aliphatic rings. The molecule has 1 aromatic carbocycles. The van der Waals surface area contributed by atoms with Crippen molar-refractivity contribution in [3.63, 3.8) is 0 Å². The molecule has 0 aliphatic carbocycles. The minimum absolute atomic E-state index is 0.0820. The highest BCUT2D eigenvalue weighted by Gasteiger charge is 2.09. The van der Waals surface area contributed by atoms with Gasteiger partial charge in [0.1, 0.15) is 17.1 Å². The molecule has 0 saturated carbocycles. The van der Waals surface area contributed by atoms with E-state index in [0.717, 1.165) is 27.7 Å². The molecule has 0 radical (unpaired) electrons. The summed E-state index contributed by atoms with van der Waals surface area (Å²) in [5.74, 6) is 0.249. The number of rotatable bonds is 4. The lowest BCUT2D eigenvalue weighted by molar-refractivity contribution is 0.412. The molecule has 5 nitrogen and oxygen atoms in total. The maximum atomic E-state index is 13.4. The summed E-state index contributed by atoms with van der Waals surface area (Å²) >= 11 is 5.90. The van der Waals surface area contributed by atoms with Gasteiger partial charge in [0, 0.05) is 18.0 Å². The number of pyridine rings is 2.